The van der Waals surface area contributed by atoms with Crippen molar-refractivity contribution >= 4 is 40.4 Å². The van der Waals surface area contributed by atoms with Gasteiger partial charge in [-0.15, -0.1) is 11.3 Å². The van der Waals surface area contributed by atoms with Crippen molar-refractivity contribution in [2.75, 3.05) is 0 Å². The summed E-state index contributed by atoms with van der Waals surface area (Å²) in [4.78, 5) is 28.2. The highest BCUT2D eigenvalue weighted by atomic mass is 35.5. The van der Waals surface area contributed by atoms with Crippen molar-refractivity contribution in [3.63, 3.8) is 0 Å². The number of likely N-dealkylation sites (tertiary alicyclic amines) is 1. The van der Waals surface area contributed by atoms with Crippen molar-refractivity contribution < 1.29 is 14.7 Å². The minimum Gasteiger partial charge on any atom is -0.507 e. The number of aliphatic hydroxyl groups excluding tert-OH is 1. The van der Waals surface area contributed by atoms with Gasteiger partial charge < -0.3 is 10.0 Å². The van der Waals surface area contributed by atoms with Crippen LogP contribution in [-0.4, -0.2) is 21.7 Å². The van der Waals surface area contributed by atoms with E-state index in [9.17, 15) is 14.7 Å². The Bertz CT molecular complexity index is 1040. The Labute approximate surface area is 171 Å². The van der Waals surface area contributed by atoms with E-state index in [1.165, 1.54) is 16.2 Å². The molecule has 140 valence electrons. The Balaban J connectivity index is 1.86. The first kappa shape index (κ1) is 18.5. The van der Waals surface area contributed by atoms with E-state index in [1.807, 2.05) is 23.6 Å². The molecule has 1 amide bonds. The maximum absolute atomic E-state index is 12.9. The number of nitrogens with zero attached hydrogens (tertiary/aromatic N) is 1. The molecule has 0 aliphatic carbocycles. The molecule has 1 aliphatic heterocycles. The highest BCUT2D eigenvalue weighted by Gasteiger charge is 2.46. The van der Waals surface area contributed by atoms with Gasteiger partial charge in [-0.3, -0.25) is 9.59 Å². The van der Waals surface area contributed by atoms with Crippen LogP contribution in [0.25, 0.3) is 5.76 Å². The first-order chi connectivity index (χ1) is 13.6. The number of benzene rings is 2. The third-order valence-corrected chi connectivity index (χ3v) is 5.79. The summed E-state index contributed by atoms with van der Waals surface area (Å²) in [5.74, 6) is -1.48. The van der Waals surface area contributed by atoms with Crippen LogP contribution in [0.2, 0.25) is 5.02 Å². The predicted octanol–water partition coefficient (Wildman–Crippen LogP) is 5.02. The van der Waals surface area contributed by atoms with Gasteiger partial charge in [-0.05, 0) is 29.1 Å². The largest absolute Gasteiger partial charge is 0.507 e. The lowest BCUT2D eigenvalue weighted by Crippen LogP contribution is -2.28. The quantitative estimate of drug-likeness (QED) is 0.374. The zero-order chi connectivity index (χ0) is 19.7. The second-order valence-corrected chi connectivity index (χ2v) is 7.89. The molecule has 0 spiro atoms. The monoisotopic (exact) mass is 409 g/mol. The first-order valence-electron chi connectivity index (χ1n) is 8.68. The SMILES string of the molecule is O=C1C(=O)N(Cc2cccs2)C(c2ccc(Cl)cc2)/C1=C(/O)c1ccccc1. The summed E-state index contributed by atoms with van der Waals surface area (Å²) in [7, 11) is 0. The Morgan fingerprint density at radius 1 is 1.00 bits per heavy atom. The van der Waals surface area contributed by atoms with Gasteiger partial charge in [0.15, 0.2) is 0 Å². The normalized spacial score (nSPS) is 18.6. The van der Waals surface area contributed by atoms with Crippen LogP contribution in [0.15, 0.2) is 77.7 Å². The van der Waals surface area contributed by atoms with Crippen LogP contribution in [0.3, 0.4) is 0 Å². The van der Waals surface area contributed by atoms with Crippen molar-refractivity contribution in [1.82, 2.24) is 4.90 Å². The summed E-state index contributed by atoms with van der Waals surface area (Å²) < 4.78 is 0. The highest BCUT2D eigenvalue weighted by Crippen LogP contribution is 2.40. The molecule has 4 rings (SSSR count). The molecule has 0 saturated carbocycles. The van der Waals surface area contributed by atoms with Crippen LogP contribution < -0.4 is 0 Å². The van der Waals surface area contributed by atoms with E-state index < -0.39 is 17.7 Å². The van der Waals surface area contributed by atoms with E-state index in [1.54, 1.807) is 48.5 Å². The lowest BCUT2D eigenvalue weighted by Gasteiger charge is -2.25. The lowest BCUT2D eigenvalue weighted by atomic mass is 9.95. The van der Waals surface area contributed by atoms with Crippen LogP contribution in [0.1, 0.15) is 22.0 Å². The van der Waals surface area contributed by atoms with Crippen molar-refractivity contribution in [3.8, 4) is 0 Å². The van der Waals surface area contributed by atoms with Gasteiger partial charge >= 0.3 is 0 Å². The van der Waals surface area contributed by atoms with E-state index in [2.05, 4.69) is 0 Å². The zero-order valence-electron chi connectivity index (χ0n) is 14.7. The summed E-state index contributed by atoms with van der Waals surface area (Å²) in [6.07, 6.45) is 0. The maximum atomic E-state index is 12.9. The number of hydrogen-bond donors (Lipinski definition) is 1. The van der Waals surface area contributed by atoms with Crippen LogP contribution in [0.4, 0.5) is 0 Å². The molecular formula is C22H16ClNO3S. The van der Waals surface area contributed by atoms with Gasteiger partial charge in [-0.1, -0.05) is 60.1 Å². The molecule has 4 nitrogen and oxygen atoms in total. The lowest BCUT2D eigenvalue weighted by molar-refractivity contribution is -0.140. The third-order valence-electron chi connectivity index (χ3n) is 4.68. The van der Waals surface area contributed by atoms with Crippen LogP contribution in [0, 0.1) is 0 Å². The molecule has 1 atom stereocenters. The molecule has 0 bridgehead atoms. The molecule has 1 saturated heterocycles. The summed E-state index contributed by atoms with van der Waals surface area (Å²) in [5.41, 5.74) is 1.31. The van der Waals surface area contributed by atoms with Crippen molar-refractivity contribution in [1.29, 1.82) is 0 Å². The molecular weight excluding hydrogens is 394 g/mol. The number of aliphatic hydroxyl groups is 1. The van der Waals surface area contributed by atoms with Gasteiger partial charge in [0.05, 0.1) is 18.2 Å². The molecule has 0 radical (unpaired) electrons. The van der Waals surface area contributed by atoms with Crippen LogP contribution in [0.5, 0.6) is 0 Å². The average Bonchev–Trinajstić information content (AvgIpc) is 3.31. The van der Waals surface area contributed by atoms with Gasteiger partial charge in [0, 0.05) is 15.5 Å². The van der Waals surface area contributed by atoms with E-state index in [-0.39, 0.29) is 11.3 Å². The summed E-state index contributed by atoms with van der Waals surface area (Å²) in [6, 6.07) is 18.9. The molecule has 1 fully saturated rings. The summed E-state index contributed by atoms with van der Waals surface area (Å²) >= 11 is 7.53. The predicted molar refractivity (Wildman–Crippen MR) is 110 cm³/mol. The number of thiophene rings is 1. The number of rotatable bonds is 4. The Hall–Kier alpha value is -2.89. The minimum absolute atomic E-state index is 0.0927. The van der Waals surface area contributed by atoms with Gasteiger partial charge in [-0.2, -0.15) is 0 Å². The molecule has 28 heavy (non-hydrogen) atoms. The number of carbonyl (C=O) groups is 2. The van der Waals surface area contributed by atoms with Gasteiger partial charge in [0.2, 0.25) is 0 Å². The van der Waals surface area contributed by atoms with Crippen LogP contribution in [-0.2, 0) is 16.1 Å². The van der Waals surface area contributed by atoms with Crippen molar-refractivity contribution in [2.45, 2.75) is 12.6 Å². The van der Waals surface area contributed by atoms with E-state index >= 15 is 0 Å². The number of amides is 1. The van der Waals surface area contributed by atoms with E-state index in [0.717, 1.165) is 10.4 Å². The topological polar surface area (TPSA) is 57.6 Å². The number of hydrogen-bond acceptors (Lipinski definition) is 4. The minimum atomic E-state index is -0.683. The van der Waals surface area contributed by atoms with Crippen molar-refractivity contribution in [2.24, 2.45) is 0 Å². The molecule has 1 aliphatic rings. The molecule has 1 N–H and O–H groups in total. The molecule has 2 aromatic carbocycles. The molecule has 1 aromatic heterocycles. The van der Waals surface area contributed by atoms with Crippen LogP contribution >= 0.6 is 22.9 Å². The summed E-state index contributed by atoms with van der Waals surface area (Å²) in [6.45, 7) is 0.293. The number of halogens is 1. The first-order valence-corrected chi connectivity index (χ1v) is 9.93. The maximum Gasteiger partial charge on any atom is 0.295 e. The highest BCUT2D eigenvalue weighted by molar-refractivity contribution is 7.09. The molecule has 1 unspecified atom stereocenters. The molecule has 6 heteroatoms. The third kappa shape index (κ3) is 3.35. The van der Waals surface area contributed by atoms with E-state index in [0.29, 0.717) is 17.1 Å². The second kappa shape index (κ2) is 7.62. The Morgan fingerprint density at radius 2 is 1.71 bits per heavy atom. The van der Waals surface area contributed by atoms with Crippen molar-refractivity contribution in [3.05, 3.63) is 98.7 Å². The van der Waals surface area contributed by atoms with Gasteiger partial charge in [0.25, 0.3) is 11.7 Å². The number of carbonyl (C=O) groups excluding carboxylic acids is 2. The Kier molecular flexibility index (Phi) is 5.03. The molecule has 2 heterocycles. The van der Waals surface area contributed by atoms with E-state index in [4.69, 9.17) is 11.6 Å². The standard InChI is InChI=1S/C22H16ClNO3S/c23-16-10-8-14(9-11-16)19-18(20(25)15-5-2-1-3-6-15)21(26)22(27)24(19)13-17-7-4-12-28-17/h1-12,19,25H,13H2/b20-18-. The zero-order valence-corrected chi connectivity index (χ0v) is 16.3. The Morgan fingerprint density at radius 3 is 2.36 bits per heavy atom. The van der Waals surface area contributed by atoms with Gasteiger partial charge in [0.1, 0.15) is 5.76 Å². The van der Waals surface area contributed by atoms with Gasteiger partial charge in [-0.25, -0.2) is 0 Å². The number of Topliss-reactive ketones (excluding diaryl/α,β-unsaturated/α-hetero) is 1. The fourth-order valence-electron chi connectivity index (χ4n) is 3.36. The summed E-state index contributed by atoms with van der Waals surface area (Å²) in [5, 5.41) is 13.4. The second-order valence-electron chi connectivity index (χ2n) is 6.42. The smallest absolute Gasteiger partial charge is 0.295 e. The number of ketones is 1. The average molecular weight is 410 g/mol. The fourth-order valence-corrected chi connectivity index (χ4v) is 4.19. The molecule has 3 aromatic rings. The fraction of sp³-hybridized carbons (Fsp3) is 0.0909.